The van der Waals surface area contributed by atoms with Gasteiger partial charge in [-0.05, 0) is 37.8 Å². The molecule has 2 unspecified atom stereocenters. The van der Waals surface area contributed by atoms with Crippen molar-refractivity contribution in [3.8, 4) is 0 Å². The van der Waals surface area contributed by atoms with Crippen LogP contribution in [0.4, 0.5) is 0 Å². The highest BCUT2D eigenvalue weighted by Gasteiger charge is 2.28. The van der Waals surface area contributed by atoms with Crippen molar-refractivity contribution in [2.75, 3.05) is 19.6 Å². The van der Waals surface area contributed by atoms with Gasteiger partial charge in [0, 0.05) is 18.6 Å². The van der Waals surface area contributed by atoms with E-state index >= 15 is 0 Å². The zero-order valence-corrected chi connectivity index (χ0v) is 13.3. The Morgan fingerprint density at radius 1 is 1.17 bits per heavy atom. The molecule has 2 heteroatoms. The van der Waals surface area contributed by atoms with Gasteiger partial charge < -0.3 is 5.32 Å². The third-order valence-corrected chi connectivity index (χ3v) is 4.38. The quantitative estimate of drug-likeness (QED) is 0.805. The minimum absolute atomic E-state index is 0.348. The summed E-state index contributed by atoms with van der Waals surface area (Å²) in [7, 11) is 0. The topological polar surface area (TPSA) is 15.3 Å². The summed E-state index contributed by atoms with van der Waals surface area (Å²) < 4.78 is 0. The van der Waals surface area contributed by atoms with E-state index in [9.17, 15) is 0 Å². The smallest absolute Gasteiger partial charge is 0.0243 e. The van der Waals surface area contributed by atoms with Gasteiger partial charge in [-0.25, -0.2) is 0 Å². The third-order valence-electron chi connectivity index (χ3n) is 4.38. The molecule has 1 saturated heterocycles. The molecule has 0 aromatic heterocycles. The van der Waals surface area contributed by atoms with E-state index in [4.69, 9.17) is 0 Å². The largest absolute Gasteiger partial charge is 0.312 e. The van der Waals surface area contributed by atoms with Crippen molar-refractivity contribution < 1.29 is 0 Å². The van der Waals surface area contributed by atoms with E-state index in [1.165, 1.54) is 45.2 Å². The van der Waals surface area contributed by atoms with Crippen molar-refractivity contribution in [3.63, 3.8) is 0 Å². The Bertz CT molecular complexity index is 220. The number of hydrogen-bond acceptors (Lipinski definition) is 2. The maximum absolute atomic E-state index is 3.69. The fourth-order valence-electron chi connectivity index (χ4n) is 3.06. The highest BCUT2D eigenvalue weighted by atomic mass is 15.2. The summed E-state index contributed by atoms with van der Waals surface area (Å²) in [5.74, 6) is 0. The second-order valence-electron chi connectivity index (χ2n) is 6.88. The van der Waals surface area contributed by atoms with E-state index in [1.807, 2.05) is 0 Å². The second-order valence-corrected chi connectivity index (χ2v) is 6.88. The first-order chi connectivity index (χ1) is 8.49. The van der Waals surface area contributed by atoms with Crippen molar-refractivity contribution in [2.45, 2.75) is 78.8 Å². The van der Waals surface area contributed by atoms with Crippen molar-refractivity contribution in [3.05, 3.63) is 0 Å². The average molecular weight is 254 g/mol. The van der Waals surface area contributed by atoms with Crippen molar-refractivity contribution in [2.24, 2.45) is 5.41 Å². The molecule has 0 aromatic rings. The lowest BCUT2D eigenvalue weighted by Gasteiger charge is -2.38. The van der Waals surface area contributed by atoms with Crippen LogP contribution in [0.25, 0.3) is 0 Å². The van der Waals surface area contributed by atoms with Gasteiger partial charge in [0.05, 0.1) is 0 Å². The molecule has 0 aliphatic carbocycles. The molecular formula is C16H34N2. The molecule has 108 valence electrons. The van der Waals surface area contributed by atoms with E-state index in [2.05, 4.69) is 44.8 Å². The van der Waals surface area contributed by atoms with Gasteiger partial charge in [0.25, 0.3) is 0 Å². The Morgan fingerprint density at radius 3 is 2.44 bits per heavy atom. The van der Waals surface area contributed by atoms with Crippen LogP contribution in [0.1, 0.15) is 66.7 Å². The van der Waals surface area contributed by atoms with Crippen molar-refractivity contribution in [1.82, 2.24) is 10.2 Å². The van der Waals surface area contributed by atoms with Crippen LogP contribution in [0, 0.1) is 5.41 Å². The molecule has 1 aliphatic rings. The van der Waals surface area contributed by atoms with Gasteiger partial charge in [-0.3, -0.25) is 4.90 Å². The summed E-state index contributed by atoms with van der Waals surface area (Å²) >= 11 is 0. The molecule has 1 N–H and O–H groups in total. The van der Waals surface area contributed by atoms with E-state index in [1.54, 1.807) is 0 Å². The first-order valence-corrected chi connectivity index (χ1v) is 7.96. The van der Waals surface area contributed by atoms with Gasteiger partial charge in [-0.1, -0.05) is 47.5 Å². The minimum atomic E-state index is 0.348. The van der Waals surface area contributed by atoms with Crippen LogP contribution in [0.2, 0.25) is 0 Å². The predicted octanol–water partition coefficient (Wildman–Crippen LogP) is 3.67. The maximum atomic E-state index is 3.69. The van der Waals surface area contributed by atoms with Gasteiger partial charge in [0.15, 0.2) is 0 Å². The predicted molar refractivity (Wildman–Crippen MR) is 81.0 cm³/mol. The molecule has 18 heavy (non-hydrogen) atoms. The lowest BCUT2D eigenvalue weighted by Crippen LogP contribution is -2.51. The molecule has 0 aromatic carbocycles. The van der Waals surface area contributed by atoms with Crippen molar-refractivity contribution >= 4 is 0 Å². The summed E-state index contributed by atoms with van der Waals surface area (Å²) in [5.41, 5.74) is 0.348. The van der Waals surface area contributed by atoms with Crippen LogP contribution < -0.4 is 5.32 Å². The van der Waals surface area contributed by atoms with Crippen LogP contribution in [0.15, 0.2) is 0 Å². The number of nitrogens with one attached hydrogen (secondary N) is 1. The zero-order valence-electron chi connectivity index (χ0n) is 13.3. The van der Waals surface area contributed by atoms with Gasteiger partial charge in [-0.15, -0.1) is 0 Å². The second kappa shape index (κ2) is 7.49. The molecule has 1 rings (SSSR count). The van der Waals surface area contributed by atoms with Crippen LogP contribution >= 0.6 is 0 Å². The standard InChI is InChI=1S/C16H34N2/c1-6-14-11-9-8-10-12-18(14)13-15(17-7-2)16(3,4)5/h14-15,17H,6-13H2,1-5H3. The normalized spacial score (nSPS) is 24.8. The molecule has 2 nitrogen and oxygen atoms in total. The summed E-state index contributed by atoms with van der Waals surface area (Å²) in [6.07, 6.45) is 6.95. The Kier molecular flexibility index (Phi) is 6.65. The summed E-state index contributed by atoms with van der Waals surface area (Å²) in [4.78, 5) is 2.76. The molecule has 1 heterocycles. The monoisotopic (exact) mass is 254 g/mol. The average Bonchev–Trinajstić information content (AvgIpc) is 2.52. The zero-order chi connectivity index (χ0) is 13.6. The third kappa shape index (κ3) is 4.89. The molecule has 0 saturated carbocycles. The van der Waals surface area contributed by atoms with Crippen LogP contribution in [-0.2, 0) is 0 Å². The van der Waals surface area contributed by atoms with Crippen LogP contribution in [-0.4, -0.2) is 36.6 Å². The van der Waals surface area contributed by atoms with E-state index in [0.717, 1.165) is 12.6 Å². The highest BCUT2D eigenvalue weighted by molar-refractivity contribution is 4.86. The fourth-order valence-corrected chi connectivity index (χ4v) is 3.06. The molecule has 0 spiro atoms. The highest BCUT2D eigenvalue weighted by Crippen LogP contribution is 2.24. The number of likely N-dealkylation sites (tertiary alicyclic amines) is 1. The Balaban J connectivity index is 2.64. The Hall–Kier alpha value is -0.0800. The van der Waals surface area contributed by atoms with E-state index < -0.39 is 0 Å². The number of likely N-dealkylation sites (N-methyl/N-ethyl adjacent to an activating group) is 1. The molecule has 0 radical (unpaired) electrons. The fraction of sp³-hybridized carbons (Fsp3) is 1.00. The van der Waals surface area contributed by atoms with Crippen LogP contribution in [0.5, 0.6) is 0 Å². The molecule has 1 aliphatic heterocycles. The Morgan fingerprint density at radius 2 is 1.89 bits per heavy atom. The summed E-state index contributed by atoms with van der Waals surface area (Å²) in [6.45, 7) is 15.2. The molecule has 0 bridgehead atoms. The Labute approximate surface area is 115 Å². The van der Waals surface area contributed by atoms with Crippen LogP contribution in [0.3, 0.4) is 0 Å². The number of hydrogen-bond donors (Lipinski definition) is 1. The summed E-state index contributed by atoms with van der Waals surface area (Å²) in [6, 6.07) is 1.42. The maximum Gasteiger partial charge on any atom is 0.0243 e. The number of nitrogens with zero attached hydrogens (tertiary/aromatic N) is 1. The van der Waals surface area contributed by atoms with Gasteiger partial charge in [-0.2, -0.15) is 0 Å². The SMILES string of the molecule is CCNC(CN1CCCCCC1CC)C(C)(C)C. The summed E-state index contributed by atoms with van der Waals surface area (Å²) in [5, 5.41) is 3.69. The first-order valence-electron chi connectivity index (χ1n) is 7.96. The van der Waals surface area contributed by atoms with Gasteiger partial charge >= 0.3 is 0 Å². The van der Waals surface area contributed by atoms with E-state index in [-0.39, 0.29) is 0 Å². The van der Waals surface area contributed by atoms with E-state index in [0.29, 0.717) is 11.5 Å². The molecule has 1 fully saturated rings. The minimum Gasteiger partial charge on any atom is -0.312 e. The number of rotatable bonds is 5. The van der Waals surface area contributed by atoms with Gasteiger partial charge in [0.2, 0.25) is 0 Å². The lowest BCUT2D eigenvalue weighted by molar-refractivity contribution is 0.133. The molecular weight excluding hydrogens is 220 g/mol. The van der Waals surface area contributed by atoms with Crippen molar-refractivity contribution in [1.29, 1.82) is 0 Å². The molecule has 0 amide bonds. The molecule has 2 atom stereocenters. The first kappa shape index (κ1) is 16.0. The van der Waals surface area contributed by atoms with Gasteiger partial charge in [0.1, 0.15) is 0 Å². The lowest BCUT2D eigenvalue weighted by atomic mass is 9.86.